The van der Waals surface area contributed by atoms with Crippen LogP contribution in [0.15, 0.2) is 23.1 Å². The lowest BCUT2D eigenvalue weighted by molar-refractivity contribution is 0.263. The van der Waals surface area contributed by atoms with Crippen molar-refractivity contribution >= 4 is 27.3 Å². The van der Waals surface area contributed by atoms with Crippen molar-refractivity contribution in [1.82, 2.24) is 9.21 Å². The van der Waals surface area contributed by atoms with Crippen molar-refractivity contribution < 1.29 is 8.42 Å². The van der Waals surface area contributed by atoms with Gasteiger partial charge in [-0.15, -0.1) is 0 Å². The van der Waals surface area contributed by atoms with E-state index in [0.717, 1.165) is 0 Å². The zero-order chi connectivity index (χ0) is 15.1. The second kappa shape index (κ2) is 5.52. The molecule has 1 fully saturated rings. The van der Waals surface area contributed by atoms with Gasteiger partial charge in [-0.3, -0.25) is 0 Å². The van der Waals surface area contributed by atoms with Crippen molar-refractivity contribution in [3.63, 3.8) is 0 Å². The van der Waals surface area contributed by atoms with Gasteiger partial charge in [-0.05, 0) is 38.2 Å². The standard InChI is InChI=1S/C13H20ClN3O2S/c1-9-7-17(8-13(9)16(2)3)20(18,19)10-4-5-12(15)11(14)6-10/h4-6,9,13H,7-8,15H2,1-3H3. The van der Waals surface area contributed by atoms with Crippen LogP contribution in [0.5, 0.6) is 0 Å². The lowest BCUT2D eigenvalue weighted by Gasteiger charge is -2.22. The molecule has 1 aromatic carbocycles. The Hall–Kier alpha value is -0.820. The van der Waals surface area contributed by atoms with Crippen LogP contribution in [0.25, 0.3) is 0 Å². The number of likely N-dealkylation sites (N-methyl/N-ethyl adjacent to an activating group) is 1. The molecule has 0 saturated carbocycles. The SMILES string of the molecule is CC1CN(S(=O)(=O)c2ccc(N)c(Cl)c2)CC1N(C)C. The van der Waals surface area contributed by atoms with E-state index in [9.17, 15) is 8.42 Å². The molecule has 1 aliphatic heterocycles. The van der Waals surface area contributed by atoms with Crippen LogP contribution in [0.1, 0.15) is 6.92 Å². The van der Waals surface area contributed by atoms with E-state index in [4.69, 9.17) is 17.3 Å². The molecule has 1 saturated heterocycles. The van der Waals surface area contributed by atoms with E-state index < -0.39 is 10.0 Å². The zero-order valence-corrected chi connectivity index (χ0v) is 13.4. The maximum Gasteiger partial charge on any atom is 0.243 e. The Morgan fingerprint density at radius 2 is 2.00 bits per heavy atom. The van der Waals surface area contributed by atoms with Crippen LogP contribution in [0.4, 0.5) is 5.69 Å². The highest BCUT2D eigenvalue weighted by molar-refractivity contribution is 7.89. The van der Waals surface area contributed by atoms with Gasteiger partial charge in [-0.2, -0.15) is 4.31 Å². The van der Waals surface area contributed by atoms with Gasteiger partial charge in [0.2, 0.25) is 10.0 Å². The lowest BCUT2D eigenvalue weighted by atomic mass is 10.1. The molecule has 2 N–H and O–H groups in total. The van der Waals surface area contributed by atoms with E-state index in [-0.39, 0.29) is 16.0 Å². The summed E-state index contributed by atoms with van der Waals surface area (Å²) >= 11 is 5.92. The van der Waals surface area contributed by atoms with Gasteiger partial charge >= 0.3 is 0 Å². The van der Waals surface area contributed by atoms with Crippen molar-refractivity contribution in [2.75, 3.05) is 32.9 Å². The number of nitrogen functional groups attached to an aromatic ring is 1. The van der Waals surface area contributed by atoms with Gasteiger partial charge in [-0.25, -0.2) is 8.42 Å². The van der Waals surface area contributed by atoms with Gasteiger partial charge in [0, 0.05) is 19.1 Å². The van der Waals surface area contributed by atoms with E-state index in [2.05, 4.69) is 11.8 Å². The normalized spacial score (nSPS) is 24.4. The molecule has 112 valence electrons. The van der Waals surface area contributed by atoms with Crippen molar-refractivity contribution in [3.8, 4) is 0 Å². The van der Waals surface area contributed by atoms with Crippen molar-refractivity contribution in [2.45, 2.75) is 17.9 Å². The molecule has 2 atom stereocenters. The third-order valence-electron chi connectivity index (χ3n) is 3.81. The fourth-order valence-corrected chi connectivity index (χ4v) is 4.42. The van der Waals surface area contributed by atoms with E-state index in [1.165, 1.54) is 22.5 Å². The number of sulfonamides is 1. The summed E-state index contributed by atoms with van der Waals surface area (Å²) in [5.41, 5.74) is 6.00. The first-order valence-electron chi connectivity index (χ1n) is 6.45. The van der Waals surface area contributed by atoms with Gasteiger partial charge in [0.1, 0.15) is 0 Å². The van der Waals surface area contributed by atoms with Gasteiger partial charge in [0.05, 0.1) is 15.6 Å². The second-order valence-electron chi connectivity index (χ2n) is 5.51. The highest BCUT2D eigenvalue weighted by Crippen LogP contribution is 2.29. The minimum absolute atomic E-state index is 0.198. The molecule has 0 amide bonds. The third-order valence-corrected chi connectivity index (χ3v) is 5.97. The molecule has 0 aromatic heterocycles. The van der Waals surface area contributed by atoms with Gasteiger partial charge < -0.3 is 10.6 Å². The predicted octanol–water partition coefficient (Wildman–Crippen LogP) is 1.49. The van der Waals surface area contributed by atoms with Crippen LogP contribution in [-0.2, 0) is 10.0 Å². The Balaban J connectivity index is 2.30. The lowest BCUT2D eigenvalue weighted by Crippen LogP contribution is -2.35. The number of nitrogens with two attached hydrogens (primary N) is 1. The Labute approximate surface area is 125 Å². The third kappa shape index (κ3) is 2.79. The molecule has 0 bridgehead atoms. The summed E-state index contributed by atoms with van der Waals surface area (Å²) in [6.07, 6.45) is 0. The minimum Gasteiger partial charge on any atom is -0.398 e. The maximum atomic E-state index is 12.6. The molecule has 7 heteroatoms. The number of hydrogen-bond donors (Lipinski definition) is 1. The Kier molecular flexibility index (Phi) is 4.30. The highest BCUT2D eigenvalue weighted by Gasteiger charge is 2.38. The fraction of sp³-hybridized carbons (Fsp3) is 0.538. The molecule has 5 nitrogen and oxygen atoms in total. The first-order valence-corrected chi connectivity index (χ1v) is 8.27. The largest absolute Gasteiger partial charge is 0.398 e. The summed E-state index contributed by atoms with van der Waals surface area (Å²) in [5.74, 6) is 0.295. The van der Waals surface area contributed by atoms with Gasteiger partial charge in [0.15, 0.2) is 0 Å². The van der Waals surface area contributed by atoms with Crippen molar-refractivity contribution in [2.24, 2.45) is 5.92 Å². The van der Waals surface area contributed by atoms with E-state index >= 15 is 0 Å². The van der Waals surface area contributed by atoms with E-state index in [1.54, 1.807) is 0 Å². The topological polar surface area (TPSA) is 66.6 Å². The maximum absolute atomic E-state index is 12.6. The van der Waals surface area contributed by atoms with Crippen LogP contribution in [0, 0.1) is 5.92 Å². The van der Waals surface area contributed by atoms with E-state index in [0.29, 0.717) is 24.7 Å². The summed E-state index contributed by atoms with van der Waals surface area (Å²) in [6.45, 7) is 3.09. The minimum atomic E-state index is -3.51. The average Bonchev–Trinajstić information content (AvgIpc) is 2.75. The molecule has 1 aromatic rings. The monoisotopic (exact) mass is 317 g/mol. The summed E-state index contributed by atoms with van der Waals surface area (Å²) in [5, 5.41) is 0.266. The van der Waals surface area contributed by atoms with Crippen LogP contribution in [-0.4, -0.2) is 50.8 Å². The van der Waals surface area contributed by atoms with Crippen LogP contribution < -0.4 is 5.73 Å². The van der Waals surface area contributed by atoms with Gasteiger partial charge in [0.25, 0.3) is 0 Å². The highest BCUT2D eigenvalue weighted by atomic mass is 35.5. The fourth-order valence-electron chi connectivity index (χ4n) is 2.59. The quantitative estimate of drug-likeness (QED) is 0.858. The molecular formula is C13H20ClN3O2S. The van der Waals surface area contributed by atoms with Crippen LogP contribution in [0.2, 0.25) is 5.02 Å². The van der Waals surface area contributed by atoms with Gasteiger partial charge in [-0.1, -0.05) is 18.5 Å². The number of anilines is 1. The smallest absolute Gasteiger partial charge is 0.243 e. The van der Waals surface area contributed by atoms with Crippen LogP contribution in [0.3, 0.4) is 0 Å². The molecule has 1 heterocycles. The van der Waals surface area contributed by atoms with Crippen molar-refractivity contribution in [3.05, 3.63) is 23.2 Å². The summed E-state index contributed by atoms with van der Waals surface area (Å²) in [6, 6.07) is 4.68. The Morgan fingerprint density at radius 3 is 2.50 bits per heavy atom. The first kappa shape index (κ1) is 15.6. The summed E-state index contributed by atoms with van der Waals surface area (Å²) in [7, 11) is 0.429. The number of nitrogens with zero attached hydrogens (tertiary/aromatic N) is 2. The number of benzene rings is 1. The molecule has 20 heavy (non-hydrogen) atoms. The first-order chi connectivity index (χ1) is 9.23. The van der Waals surface area contributed by atoms with E-state index in [1.807, 2.05) is 14.1 Å². The molecular weight excluding hydrogens is 298 g/mol. The predicted molar refractivity (Wildman–Crippen MR) is 81.3 cm³/mol. The summed E-state index contributed by atoms with van der Waals surface area (Å²) in [4.78, 5) is 2.26. The molecule has 0 aliphatic carbocycles. The zero-order valence-electron chi connectivity index (χ0n) is 11.9. The molecule has 2 rings (SSSR count). The Morgan fingerprint density at radius 1 is 1.35 bits per heavy atom. The number of rotatable bonds is 3. The molecule has 0 radical (unpaired) electrons. The molecule has 2 unspecified atom stereocenters. The summed E-state index contributed by atoms with van der Waals surface area (Å²) < 4.78 is 26.8. The number of hydrogen-bond acceptors (Lipinski definition) is 4. The van der Waals surface area contributed by atoms with Crippen molar-refractivity contribution in [1.29, 1.82) is 0 Å². The molecule has 0 spiro atoms. The molecule has 1 aliphatic rings. The number of halogens is 1. The Bertz CT molecular complexity index is 604. The second-order valence-corrected chi connectivity index (χ2v) is 7.86. The average molecular weight is 318 g/mol. The van der Waals surface area contributed by atoms with Crippen LogP contribution >= 0.6 is 11.6 Å².